The highest BCUT2D eigenvalue weighted by molar-refractivity contribution is 7.98. The van der Waals surface area contributed by atoms with Crippen LogP contribution in [-0.4, -0.2) is 17.1 Å². The molecule has 0 saturated carbocycles. The molecule has 0 aliphatic heterocycles. The molecule has 1 aromatic heterocycles. The molecule has 0 N–H and O–H groups in total. The summed E-state index contributed by atoms with van der Waals surface area (Å²) >= 11 is 1.28. The zero-order chi connectivity index (χ0) is 19.4. The molecular formula is C20H18F2N2O2S. The second-order valence-corrected chi connectivity index (χ2v) is 6.90. The van der Waals surface area contributed by atoms with Gasteiger partial charge in [0, 0.05) is 23.6 Å². The van der Waals surface area contributed by atoms with E-state index in [4.69, 9.17) is 9.47 Å². The average Bonchev–Trinajstić information content (AvgIpc) is 2.60. The lowest BCUT2D eigenvalue weighted by molar-refractivity contribution is 0.372. The van der Waals surface area contributed by atoms with Crippen molar-refractivity contribution in [3.63, 3.8) is 0 Å². The molecule has 3 aromatic rings. The lowest BCUT2D eigenvalue weighted by atomic mass is 10.2. The molecule has 3 rings (SSSR count). The largest absolute Gasteiger partial charge is 0.493 e. The van der Waals surface area contributed by atoms with Crippen molar-refractivity contribution < 1.29 is 18.3 Å². The van der Waals surface area contributed by atoms with Gasteiger partial charge in [-0.15, -0.1) is 0 Å². The third kappa shape index (κ3) is 5.17. The van der Waals surface area contributed by atoms with Gasteiger partial charge in [-0.1, -0.05) is 17.8 Å². The SMILES string of the molecule is COc1cc(C)ccc1Oc1cc(C)nc(SCc2cc(F)cc(F)c2)n1. The van der Waals surface area contributed by atoms with Gasteiger partial charge < -0.3 is 9.47 Å². The fourth-order valence-electron chi connectivity index (χ4n) is 2.44. The Balaban J connectivity index is 1.78. The van der Waals surface area contributed by atoms with E-state index in [-0.39, 0.29) is 0 Å². The van der Waals surface area contributed by atoms with Crippen LogP contribution in [0.4, 0.5) is 8.78 Å². The summed E-state index contributed by atoms with van der Waals surface area (Å²) in [6.07, 6.45) is 0. The van der Waals surface area contributed by atoms with E-state index < -0.39 is 11.6 Å². The summed E-state index contributed by atoms with van der Waals surface area (Å²) in [7, 11) is 1.58. The van der Waals surface area contributed by atoms with E-state index in [1.807, 2.05) is 32.0 Å². The first-order chi connectivity index (χ1) is 12.9. The minimum Gasteiger partial charge on any atom is -0.493 e. The molecule has 0 unspecified atom stereocenters. The van der Waals surface area contributed by atoms with E-state index in [0.29, 0.717) is 33.9 Å². The quantitative estimate of drug-likeness (QED) is 0.414. The van der Waals surface area contributed by atoms with E-state index in [1.165, 1.54) is 23.9 Å². The Morgan fingerprint density at radius 1 is 0.926 bits per heavy atom. The zero-order valence-corrected chi connectivity index (χ0v) is 15.9. The molecule has 0 amide bonds. The number of aromatic nitrogens is 2. The van der Waals surface area contributed by atoms with E-state index in [9.17, 15) is 8.78 Å². The number of thioether (sulfide) groups is 1. The Morgan fingerprint density at radius 2 is 1.67 bits per heavy atom. The maximum Gasteiger partial charge on any atom is 0.223 e. The molecular weight excluding hydrogens is 370 g/mol. The van der Waals surface area contributed by atoms with Crippen LogP contribution >= 0.6 is 11.8 Å². The smallest absolute Gasteiger partial charge is 0.223 e. The van der Waals surface area contributed by atoms with Crippen molar-refractivity contribution in [2.45, 2.75) is 24.8 Å². The number of methoxy groups -OCH3 is 1. The van der Waals surface area contributed by atoms with Gasteiger partial charge in [0.15, 0.2) is 16.7 Å². The second-order valence-electron chi connectivity index (χ2n) is 5.95. The molecule has 1 heterocycles. The highest BCUT2D eigenvalue weighted by atomic mass is 32.2. The molecule has 140 valence electrons. The maximum atomic E-state index is 13.3. The Bertz CT molecular complexity index is 946. The summed E-state index contributed by atoms with van der Waals surface area (Å²) in [5.41, 5.74) is 2.29. The van der Waals surface area contributed by atoms with Gasteiger partial charge in [0.25, 0.3) is 0 Å². The topological polar surface area (TPSA) is 44.2 Å². The Kier molecular flexibility index (Phi) is 5.91. The van der Waals surface area contributed by atoms with Crippen molar-refractivity contribution >= 4 is 11.8 Å². The summed E-state index contributed by atoms with van der Waals surface area (Å²) in [5, 5.41) is 0.459. The predicted molar refractivity (Wildman–Crippen MR) is 100 cm³/mol. The van der Waals surface area contributed by atoms with Gasteiger partial charge in [0.2, 0.25) is 5.88 Å². The van der Waals surface area contributed by atoms with Crippen molar-refractivity contribution in [3.05, 3.63) is 70.9 Å². The number of benzene rings is 2. The first-order valence-corrected chi connectivity index (χ1v) is 9.17. The molecule has 0 aliphatic rings. The molecule has 0 bridgehead atoms. The van der Waals surface area contributed by atoms with Gasteiger partial charge in [-0.25, -0.2) is 13.8 Å². The molecule has 0 aliphatic carbocycles. The van der Waals surface area contributed by atoms with Crippen molar-refractivity contribution in [1.82, 2.24) is 9.97 Å². The summed E-state index contributed by atoms with van der Waals surface area (Å²) in [6, 6.07) is 10.7. The molecule has 7 heteroatoms. The fourth-order valence-corrected chi connectivity index (χ4v) is 3.27. The number of ether oxygens (including phenoxy) is 2. The van der Waals surface area contributed by atoms with E-state index >= 15 is 0 Å². The predicted octanol–water partition coefficient (Wildman–Crippen LogP) is 5.46. The van der Waals surface area contributed by atoms with Crippen molar-refractivity contribution in [2.24, 2.45) is 0 Å². The fraction of sp³-hybridized carbons (Fsp3) is 0.200. The summed E-state index contributed by atoms with van der Waals surface area (Å²) in [6.45, 7) is 3.79. The van der Waals surface area contributed by atoms with Gasteiger partial charge >= 0.3 is 0 Å². The minimum absolute atomic E-state index is 0.339. The van der Waals surface area contributed by atoms with Crippen LogP contribution in [0, 0.1) is 25.5 Å². The lowest BCUT2D eigenvalue weighted by Crippen LogP contribution is -1.97. The number of rotatable bonds is 6. The molecule has 0 atom stereocenters. The Morgan fingerprint density at radius 3 is 2.37 bits per heavy atom. The van der Waals surface area contributed by atoms with Crippen LogP contribution in [0.15, 0.2) is 47.6 Å². The number of hydrogen-bond donors (Lipinski definition) is 0. The van der Waals surface area contributed by atoms with Crippen LogP contribution in [0.25, 0.3) is 0 Å². The summed E-state index contributed by atoms with van der Waals surface area (Å²) < 4.78 is 37.8. The Hall–Kier alpha value is -2.67. The third-order valence-corrected chi connectivity index (χ3v) is 4.55. The van der Waals surface area contributed by atoms with Crippen LogP contribution in [0.1, 0.15) is 16.8 Å². The molecule has 4 nitrogen and oxygen atoms in total. The van der Waals surface area contributed by atoms with E-state index in [1.54, 1.807) is 13.2 Å². The summed E-state index contributed by atoms with van der Waals surface area (Å²) in [4.78, 5) is 8.72. The molecule has 2 aromatic carbocycles. The first-order valence-electron chi connectivity index (χ1n) is 8.19. The first kappa shape index (κ1) is 19.1. The normalized spacial score (nSPS) is 10.7. The number of halogens is 2. The lowest BCUT2D eigenvalue weighted by Gasteiger charge is -2.11. The average molecular weight is 388 g/mol. The zero-order valence-electron chi connectivity index (χ0n) is 15.1. The standard InChI is InChI=1S/C20H18F2N2O2S/c1-12-4-5-17(18(6-12)25-3)26-19-7-13(2)23-20(24-19)27-11-14-8-15(21)10-16(22)9-14/h4-10H,11H2,1-3H3. The monoisotopic (exact) mass is 388 g/mol. The highest BCUT2D eigenvalue weighted by Gasteiger charge is 2.10. The highest BCUT2D eigenvalue weighted by Crippen LogP contribution is 2.32. The second kappa shape index (κ2) is 8.35. The number of hydrogen-bond acceptors (Lipinski definition) is 5. The van der Waals surface area contributed by atoms with Crippen molar-refractivity contribution in [1.29, 1.82) is 0 Å². The molecule has 0 spiro atoms. The third-order valence-electron chi connectivity index (χ3n) is 3.63. The maximum absolute atomic E-state index is 13.3. The van der Waals surface area contributed by atoms with E-state index in [2.05, 4.69) is 9.97 Å². The number of nitrogens with zero attached hydrogens (tertiary/aromatic N) is 2. The Labute approximate surface area is 160 Å². The van der Waals surface area contributed by atoms with Crippen LogP contribution in [0.3, 0.4) is 0 Å². The van der Waals surface area contributed by atoms with Crippen LogP contribution in [0.2, 0.25) is 0 Å². The van der Waals surface area contributed by atoms with Gasteiger partial charge in [-0.05, 0) is 49.2 Å². The molecule has 0 radical (unpaired) electrons. The van der Waals surface area contributed by atoms with Crippen LogP contribution in [-0.2, 0) is 5.75 Å². The summed E-state index contributed by atoms with van der Waals surface area (Å²) in [5.74, 6) is 0.654. The number of aryl methyl sites for hydroxylation is 2. The van der Waals surface area contributed by atoms with Gasteiger partial charge in [0.05, 0.1) is 7.11 Å². The molecule has 0 saturated heterocycles. The van der Waals surface area contributed by atoms with Crippen LogP contribution in [0.5, 0.6) is 17.4 Å². The molecule has 0 fully saturated rings. The van der Waals surface area contributed by atoms with E-state index in [0.717, 1.165) is 17.3 Å². The molecule has 27 heavy (non-hydrogen) atoms. The van der Waals surface area contributed by atoms with Crippen molar-refractivity contribution in [3.8, 4) is 17.4 Å². The van der Waals surface area contributed by atoms with Gasteiger partial charge in [-0.3, -0.25) is 0 Å². The van der Waals surface area contributed by atoms with Crippen molar-refractivity contribution in [2.75, 3.05) is 7.11 Å². The van der Waals surface area contributed by atoms with Gasteiger partial charge in [-0.2, -0.15) is 4.98 Å². The minimum atomic E-state index is -0.605. The van der Waals surface area contributed by atoms with Crippen LogP contribution < -0.4 is 9.47 Å². The van der Waals surface area contributed by atoms with Gasteiger partial charge in [0.1, 0.15) is 11.6 Å².